The number of H-pyrrole nitrogens is 2. The van der Waals surface area contributed by atoms with Crippen LogP contribution in [0.2, 0.25) is 0 Å². The van der Waals surface area contributed by atoms with E-state index >= 15 is 0 Å². The molecule has 1 aliphatic heterocycles. The summed E-state index contributed by atoms with van der Waals surface area (Å²) in [6.07, 6.45) is 0. The molecule has 2 N–H and O–H groups in total. The molecule has 0 spiro atoms. The van der Waals surface area contributed by atoms with Crippen molar-refractivity contribution >= 4 is 27.0 Å². The van der Waals surface area contributed by atoms with Crippen LogP contribution in [0.4, 0.5) is 5.95 Å². The van der Waals surface area contributed by atoms with Crippen molar-refractivity contribution in [2.45, 2.75) is 18.7 Å². The van der Waals surface area contributed by atoms with Gasteiger partial charge >= 0.3 is 5.69 Å². The SMILES string of the molecule is Cc1cc(C)nc(N2CCN(S(=O)(=O)c3ccc4[nH]c(=O)[nH]c4c3)CC2)n1. The summed E-state index contributed by atoms with van der Waals surface area (Å²) in [6.45, 7) is 5.57. The van der Waals surface area contributed by atoms with Gasteiger partial charge in [-0.2, -0.15) is 4.31 Å². The van der Waals surface area contributed by atoms with Crippen molar-refractivity contribution in [3.8, 4) is 0 Å². The van der Waals surface area contributed by atoms with Crippen molar-refractivity contribution in [3.05, 3.63) is 46.1 Å². The Bertz CT molecular complexity index is 1140. The number of piperazine rings is 1. The molecule has 9 nitrogen and oxygen atoms in total. The zero-order valence-corrected chi connectivity index (χ0v) is 15.9. The van der Waals surface area contributed by atoms with Crippen molar-refractivity contribution in [2.24, 2.45) is 0 Å². The molecule has 0 atom stereocenters. The number of nitrogens with zero attached hydrogens (tertiary/aromatic N) is 4. The van der Waals surface area contributed by atoms with Crippen LogP contribution >= 0.6 is 0 Å². The maximum Gasteiger partial charge on any atom is 0.323 e. The van der Waals surface area contributed by atoms with Gasteiger partial charge in [-0.3, -0.25) is 0 Å². The molecule has 0 bridgehead atoms. The van der Waals surface area contributed by atoms with Crippen molar-refractivity contribution < 1.29 is 8.42 Å². The molecule has 3 heterocycles. The smallest absolute Gasteiger partial charge is 0.323 e. The maximum atomic E-state index is 13.0. The summed E-state index contributed by atoms with van der Waals surface area (Å²) in [5.41, 5.74) is 2.48. The van der Waals surface area contributed by atoms with Crippen LogP contribution < -0.4 is 10.6 Å². The number of nitrogens with one attached hydrogen (secondary N) is 2. The van der Waals surface area contributed by atoms with Crippen molar-refractivity contribution in [1.82, 2.24) is 24.2 Å². The van der Waals surface area contributed by atoms with Gasteiger partial charge in [0.2, 0.25) is 16.0 Å². The number of hydrogen-bond donors (Lipinski definition) is 2. The Morgan fingerprint density at radius 2 is 1.56 bits per heavy atom. The molecule has 4 rings (SSSR count). The Labute approximate surface area is 156 Å². The van der Waals surface area contributed by atoms with E-state index in [9.17, 15) is 13.2 Å². The third-order valence-corrected chi connectivity index (χ3v) is 6.51. The molecule has 1 saturated heterocycles. The minimum absolute atomic E-state index is 0.168. The van der Waals surface area contributed by atoms with E-state index in [0.29, 0.717) is 43.2 Å². The summed E-state index contributed by atoms with van der Waals surface area (Å²) in [7, 11) is -3.64. The van der Waals surface area contributed by atoms with Crippen molar-refractivity contribution in [1.29, 1.82) is 0 Å². The third kappa shape index (κ3) is 3.33. The molecule has 3 aromatic rings. The highest BCUT2D eigenvalue weighted by atomic mass is 32.2. The lowest BCUT2D eigenvalue weighted by Crippen LogP contribution is -2.49. The molecule has 0 unspecified atom stereocenters. The summed E-state index contributed by atoms with van der Waals surface area (Å²) in [5.74, 6) is 0.635. The van der Waals surface area contributed by atoms with Crippen molar-refractivity contribution in [2.75, 3.05) is 31.1 Å². The number of sulfonamides is 1. The predicted molar refractivity (Wildman–Crippen MR) is 101 cm³/mol. The van der Waals surface area contributed by atoms with Crippen molar-refractivity contribution in [3.63, 3.8) is 0 Å². The number of hydrogen-bond acceptors (Lipinski definition) is 6. The van der Waals surface area contributed by atoms with Crippen LogP contribution in [0.5, 0.6) is 0 Å². The van der Waals surface area contributed by atoms with E-state index < -0.39 is 10.0 Å². The van der Waals surface area contributed by atoms with E-state index in [-0.39, 0.29) is 10.6 Å². The van der Waals surface area contributed by atoms with E-state index in [1.54, 1.807) is 6.07 Å². The Kier molecular flexibility index (Phi) is 4.23. The van der Waals surface area contributed by atoms with Crippen LogP contribution in [-0.2, 0) is 10.0 Å². The topological polar surface area (TPSA) is 115 Å². The predicted octanol–water partition coefficient (Wildman–Crippen LogP) is 0.774. The molecule has 1 aliphatic rings. The first-order valence-electron chi connectivity index (χ1n) is 8.62. The van der Waals surface area contributed by atoms with E-state index in [1.807, 2.05) is 24.8 Å². The van der Waals surface area contributed by atoms with E-state index in [0.717, 1.165) is 11.4 Å². The average Bonchev–Trinajstić information content (AvgIpc) is 3.00. The molecule has 27 heavy (non-hydrogen) atoms. The molecular weight excluding hydrogens is 368 g/mol. The average molecular weight is 388 g/mol. The van der Waals surface area contributed by atoms with Gasteiger partial charge in [0.25, 0.3) is 0 Å². The third-order valence-electron chi connectivity index (χ3n) is 4.62. The van der Waals surface area contributed by atoms with Gasteiger partial charge in [0, 0.05) is 37.6 Å². The first-order valence-corrected chi connectivity index (χ1v) is 10.1. The number of anilines is 1. The van der Waals surface area contributed by atoms with Crippen LogP contribution in [0, 0.1) is 13.8 Å². The lowest BCUT2D eigenvalue weighted by atomic mass is 10.3. The maximum absolute atomic E-state index is 13.0. The number of imidazole rings is 1. The van der Waals surface area contributed by atoms with Gasteiger partial charge < -0.3 is 14.9 Å². The van der Waals surface area contributed by atoms with Crippen LogP contribution in [0.25, 0.3) is 11.0 Å². The monoisotopic (exact) mass is 388 g/mol. The Morgan fingerprint density at radius 1 is 0.926 bits per heavy atom. The molecule has 2 aromatic heterocycles. The molecule has 1 aromatic carbocycles. The second-order valence-electron chi connectivity index (χ2n) is 6.63. The largest absolute Gasteiger partial charge is 0.338 e. The summed E-state index contributed by atoms with van der Waals surface area (Å²) in [5, 5.41) is 0. The van der Waals surface area contributed by atoms with Gasteiger partial charge in [0.05, 0.1) is 15.9 Å². The zero-order chi connectivity index (χ0) is 19.2. The van der Waals surface area contributed by atoms with Gasteiger partial charge in [-0.05, 0) is 38.1 Å². The first-order chi connectivity index (χ1) is 12.8. The van der Waals surface area contributed by atoms with Crippen LogP contribution in [0.1, 0.15) is 11.4 Å². The lowest BCUT2D eigenvalue weighted by Gasteiger charge is -2.34. The number of fused-ring (bicyclic) bond motifs is 1. The summed E-state index contributed by atoms with van der Waals surface area (Å²) < 4.78 is 27.4. The second-order valence-corrected chi connectivity index (χ2v) is 8.57. The molecule has 1 fully saturated rings. The minimum Gasteiger partial charge on any atom is -0.338 e. The highest BCUT2D eigenvalue weighted by Gasteiger charge is 2.29. The zero-order valence-electron chi connectivity index (χ0n) is 15.1. The summed E-state index contributed by atoms with van der Waals surface area (Å²) in [4.78, 5) is 27.7. The molecule has 10 heteroatoms. The van der Waals surface area contributed by atoms with E-state index in [4.69, 9.17) is 0 Å². The van der Waals surface area contributed by atoms with Crippen LogP contribution in [-0.4, -0.2) is 58.8 Å². The molecule has 0 amide bonds. The summed E-state index contributed by atoms with van der Waals surface area (Å²) >= 11 is 0. The number of rotatable bonds is 3. The molecular formula is C17H20N6O3S. The van der Waals surface area contributed by atoms with Gasteiger partial charge in [0.1, 0.15) is 0 Å². The fraction of sp³-hybridized carbons (Fsp3) is 0.353. The number of aromatic amines is 2. The van der Waals surface area contributed by atoms with Gasteiger partial charge in [-0.25, -0.2) is 23.2 Å². The van der Waals surface area contributed by atoms with E-state index in [1.165, 1.54) is 16.4 Å². The fourth-order valence-corrected chi connectivity index (χ4v) is 4.75. The number of benzene rings is 1. The molecule has 0 radical (unpaired) electrons. The van der Waals surface area contributed by atoms with Gasteiger partial charge in [-0.15, -0.1) is 0 Å². The second kappa shape index (κ2) is 6.46. The normalized spacial score (nSPS) is 16.1. The molecule has 142 valence electrons. The lowest BCUT2D eigenvalue weighted by molar-refractivity contribution is 0.382. The Balaban J connectivity index is 1.54. The minimum atomic E-state index is -3.64. The quantitative estimate of drug-likeness (QED) is 0.685. The van der Waals surface area contributed by atoms with Gasteiger partial charge in [0.15, 0.2) is 0 Å². The summed E-state index contributed by atoms with van der Waals surface area (Å²) in [6, 6.07) is 6.51. The Morgan fingerprint density at radius 3 is 2.22 bits per heavy atom. The Hall–Kier alpha value is -2.72. The highest BCUT2D eigenvalue weighted by molar-refractivity contribution is 7.89. The first kappa shape index (κ1) is 17.7. The van der Waals surface area contributed by atoms with Crippen LogP contribution in [0.15, 0.2) is 34.0 Å². The highest BCUT2D eigenvalue weighted by Crippen LogP contribution is 2.22. The molecule has 0 aliphatic carbocycles. The molecule has 0 saturated carbocycles. The number of aryl methyl sites for hydroxylation is 2. The standard InChI is InChI=1S/C17H20N6O3S/c1-11-9-12(2)19-16(18-11)22-5-7-23(8-6-22)27(25,26)13-3-4-14-15(10-13)21-17(24)20-14/h3-4,9-10H,5-8H2,1-2H3,(H2,20,21,24). The van der Waals surface area contributed by atoms with E-state index in [2.05, 4.69) is 19.9 Å². The van der Waals surface area contributed by atoms with Crippen LogP contribution in [0.3, 0.4) is 0 Å². The fourth-order valence-electron chi connectivity index (χ4n) is 3.30. The number of aromatic nitrogens is 4. The van der Waals surface area contributed by atoms with Gasteiger partial charge in [-0.1, -0.05) is 0 Å².